The highest BCUT2D eigenvalue weighted by Gasteiger charge is 2.57. The van der Waals surface area contributed by atoms with Gasteiger partial charge in [0, 0.05) is 17.0 Å². The molecule has 51 heavy (non-hydrogen) atoms. The summed E-state index contributed by atoms with van der Waals surface area (Å²) in [4.78, 5) is 26.7. The van der Waals surface area contributed by atoms with E-state index in [-0.39, 0.29) is 40.7 Å². The van der Waals surface area contributed by atoms with Crippen LogP contribution in [0.4, 0.5) is 26.3 Å². The molecule has 4 atom stereocenters. The van der Waals surface area contributed by atoms with Gasteiger partial charge in [-0.2, -0.15) is 13.2 Å². The summed E-state index contributed by atoms with van der Waals surface area (Å²) in [5.74, 6) is -3.36. The second-order valence-corrected chi connectivity index (χ2v) is 16.0. The lowest BCUT2D eigenvalue weighted by molar-refractivity contribution is -0.274. The van der Waals surface area contributed by atoms with E-state index in [4.69, 9.17) is 13.9 Å². The second-order valence-electron chi connectivity index (χ2n) is 16.0. The molecule has 2 aromatic carbocycles. The monoisotopic (exact) mass is 726 g/mol. The van der Waals surface area contributed by atoms with Crippen LogP contribution in [-0.2, 0) is 16.0 Å². The number of fused-ring (bicyclic) bond motifs is 1. The van der Waals surface area contributed by atoms with Crippen molar-refractivity contribution in [2.24, 2.45) is 22.2 Å². The Morgan fingerprint density at radius 3 is 2.10 bits per heavy atom. The van der Waals surface area contributed by atoms with Crippen LogP contribution in [0, 0.1) is 22.2 Å². The van der Waals surface area contributed by atoms with E-state index < -0.39 is 58.8 Å². The van der Waals surface area contributed by atoms with Crippen molar-refractivity contribution in [3.8, 4) is 22.6 Å². The Morgan fingerprint density at radius 1 is 0.843 bits per heavy atom. The zero-order chi connectivity index (χ0) is 38.2. The largest absolute Gasteiger partial charge is 0.573 e. The van der Waals surface area contributed by atoms with Gasteiger partial charge in [-0.3, -0.25) is 4.79 Å². The first-order valence-corrected chi connectivity index (χ1v) is 17.3. The van der Waals surface area contributed by atoms with Crippen molar-refractivity contribution in [3.63, 3.8) is 0 Å². The van der Waals surface area contributed by atoms with Gasteiger partial charge >= 0.3 is 24.1 Å². The number of aryl methyl sites for hydroxylation is 1. The van der Waals surface area contributed by atoms with E-state index in [1.807, 2.05) is 48.5 Å². The maximum atomic E-state index is 14.6. The molecule has 282 valence electrons. The van der Waals surface area contributed by atoms with E-state index in [1.54, 1.807) is 13.0 Å². The first-order chi connectivity index (χ1) is 23.4. The van der Waals surface area contributed by atoms with E-state index in [9.17, 15) is 35.9 Å². The van der Waals surface area contributed by atoms with Crippen LogP contribution in [0.5, 0.6) is 11.5 Å². The van der Waals surface area contributed by atoms with Crippen LogP contribution < -0.4 is 15.1 Å². The Bertz CT molecular complexity index is 1750. The van der Waals surface area contributed by atoms with Crippen LogP contribution in [0.15, 0.2) is 51.7 Å². The number of hydrogen-bond donors (Lipinski definition) is 0. The van der Waals surface area contributed by atoms with Crippen molar-refractivity contribution in [1.82, 2.24) is 0 Å². The van der Waals surface area contributed by atoms with Crippen LogP contribution in [0.25, 0.3) is 22.1 Å². The topological polar surface area (TPSA) is 75.0 Å². The minimum atomic E-state index is -5.01. The number of benzene rings is 2. The van der Waals surface area contributed by atoms with Gasteiger partial charge in [-0.1, -0.05) is 73.4 Å². The molecule has 1 aliphatic rings. The molecule has 0 saturated heterocycles. The summed E-state index contributed by atoms with van der Waals surface area (Å²) in [5.41, 5.74) is -2.65. The number of hydrogen-bond acceptors (Lipinski definition) is 6. The Kier molecular flexibility index (Phi) is 11.6. The third kappa shape index (κ3) is 9.80. The summed E-state index contributed by atoms with van der Waals surface area (Å²) in [6.45, 7) is 15.2. The van der Waals surface area contributed by atoms with Crippen molar-refractivity contribution in [3.05, 3.63) is 58.4 Å². The molecule has 1 heterocycles. The van der Waals surface area contributed by atoms with Crippen LogP contribution in [0.3, 0.4) is 0 Å². The van der Waals surface area contributed by atoms with Crippen molar-refractivity contribution < 1.29 is 49.8 Å². The molecule has 0 aliphatic heterocycles. The van der Waals surface area contributed by atoms with Crippen molar-refractivity contribution in [1.29, 1.82) is 0 Å². The van der Waals surface area contributed by atoms with E-state index in [0.717, 1.165) is 19.3 Å². The van der Waals surface area contributed by atoms with E-state index in [1.165, 1.54) is 36.4 Å². The summed E-state index contributed by atoms with van der Waals surface area (Å²) < 4.78 is 105. The molecule has 12 heteroatoms. The normalized spacial score (nSPS) is 19.9. The molecule has 1 aromatic heterocycles. The quantitative estimate of drug-likeness (QED) is 0.0847. The standard InChI is InChI=1S/C39H48F6O6/c1-9-10-11-12-23-13-16-26(31(19-23)51-39(43,44)45)27-20-24-14-15-25(21-30(24)49-33(27)46)48-28-17-18-29(32(28)38(40,41)42)50-34(47)37(8,36(5,6)7)22-35(2,3)4/h13-16,19-21,28-29,32H,9-12,17-18,22H2,1-8H3. The number of alkyl halides is 6. The fraction of sp³-hybridized carbons (Fsp3) is 0.590. The third-order valence-corrected chi connectivity index (χ3v) is 9.79. The van der Waals surface area contributed by atoms with Gasteiger partial charge in [-0.05, 0) is 79.7 Å². The number of rotatable bonds is 11. The predicted octanol–water partition coefficient (Wildman–Crippen LogP) is 11.2. The van der Waals surface area contributed by atoms with Crippen molar-refractivity contribution >= 4 is 16.9 Å². The fourth-order valence-electron chi connectivity index (χ4n) is 6.85. The molecule has 4 unspecified atom stereocenters. The van der Waals surface area contributed by atoms with Gasteiger partial charge in [0.15, 0.2) is 0 Å². The van der Waals surface area contributed by atoms with Gasteiger partial charge in [-0.15, -0.1) is 13.2 Å². The van der Waals surface area contributed by atoms with Gasteiger partial charge in [0.25, 0.3) is 0 Å². The molecule has 6 nitrogen and oxygen atoms in total. The van der Waals surface area contributed by atoms with Crippen LogP contribution in [0.2, 0.25) is 0 Å². The lowest BCUT2D eigenvalue weighted by Gasteiger charge is -2.44. The summed E-state index contributed by atoms with van der Waals surface area (Å²) >= 11 is 0. The Balaban J connectivity index is 1.61. The van der Waals surface area contributed by atoms with E-state index in [2.05, 4.69) is 4.74 Å². The predicted molar refractivity (Wildman–Crippen MR) is 183 cm³/mol. The molecule has 3 aromatic rings. The molecule has 1 saturated carbocycles. The number of esters is 1. The number of halogens is 6. The van der Waals surface area contributed by atoms with Crippen molar-refractivity contribution in [2.45, 2.75) is 125 Å². The number of carbonyl (C=O) groups is 1. The molecule has 1 aliphatic carbocycles. The molecule has 0 amide bonds. The van der Waals surface area contributed by atoms with E-state index >= 15 is 0 Å². The lowest BCUT2D eigenvalue weighted by Crippen LogP contribution is -2.48. The number of unbranched alkanes of at least 4 members (excludes halogenated alkanes) is 2. The summed E-state index contributed by atoms with van der Waals surface area (Å²) in [6, 6.07) is 9.71. The van der Waals surface area contributed by atoms with Crippen LogP contribution >= 0.6 is 0 Å². The van der Waals surface area contributed by atoms with Gasteiger partial charge in [-0.25, -0.2) is 4.79 Å². The molecule has 0 N–H and O–H groups in total. The Morgan fingerprint density at radius 2 is 1.51 bits per heavy atom. The number of ether oxygens (including phenoxy) is 3. The highest BCUT2D eigenvalue weighted by atomic mass is 19.4. The van der Waals surface area contributed by atoms with Gasteiger partial charge < -0.3 is 18.6 Å². The first-order valence-electron chi connectivity index (χ1n) is 17.3. The minimum absolute atomic E-state index is 0.0191. The van der Waals surface area contributed by atoms with Gasteiger partial charge in [0.05, 0.1) is 11.0 Å². The molecule has 0 bridgehead atoms. The van der Waals surface area contributed by atoms with Crippen LogP contribution in [-0.4, -0.2) is 30.7 Å². The molecule has 0 radical (unpaired) electrons. The fourth-order valence-corrected chi connectivity index (χ4v) is 6.85. The van der Waals surface area contributed by atoms with Gasteiger partial charge in [0.2, 0.25) is 0 Å². The third-order valence-electron chi connectivity index (χ3n) is 9.79. The summed E-state index contributed by atoms with van der Waals surface area (Å²) in [6.07, 6.45) is -9.20. The van der Waals surface area contributed by atoms with Gasteiger partial charge in [0.1, 0.15) is 35.2 Å². The first kappa shape index (κ1) is 40.1. The molecule has 4 rings (SSSR count). The zero-order valence-electron chi connectivity index (χ0n) is 30.4. The lowest BCUT2D eigenvalue weighted by atomic mass is 9.61. The Hall–Kier alpha value is -3.70. The SMILES string of the molecule is CCCCCc1ccc(-c2cc3ccc(OC4CCC(OC(=O)C(C)(CC(C)(C)C)C(C)(C)C)C4C(F)(F)F)cc3oc2=O)c(OC(F)(F)F)c1. The second kappa shape index (κ2) is 14.7. The molecule has 0 spiro atoms. The molecular weight excluding hydrogens is 678 g/mol. The average molecular weight is 727 g/mol. The summed E-state index contributed by atoms with van der Waals surface area (Å²) in [5, 5.41) is 0.299. The van der Waals surface area contributed by atoms with Crippen LogP contribution in [0.1, 0.15) is 99.5 Å². The highest BCUT2D eigenvalue weighted by molar-refractivity contribution is 5.84. The smallest absolute Gasteiger partial charge is 0.489 e. The maximum Gasteiger partial charge on any atom is 0.573 e. The molecular formula is C39H48F6O6. The van der Waals surface area contributed by atoms with Crippen molar-refractivity contribution in [2.75, 3.05) is 0 Å². The molecule has 1 fully saturated rings. The highest BCUT2D eigenvalue weighted by Crippen LogP contribution is 2.50. The van der Waals surface area contributed by atoms with E-state index in [0.29, 0.717) is 23.8 Å². The average Bonchev–Trinajstić information content (AvgIpc) is 3.37. The maximum absolute atomic E-state index is 14.6. The minimum Gasteiger partial charge on any atom is -0.489 e. The Labute approximate surface area is 294 Å². The summed E-state index contributed by atoms with van der Waals surface area (Å²) in [7, 11) is 0. The zero-order valence-corrected chi connectivity index (χ0v) is 30.4. The number of carbonyl (C=O) groups excluding carboxylic acids is 1.